The van der Waals surface area contributed by atoms with Crippen LogP contribution in [0, 0.1) is 23.0 Å². The molecule has 0 bridgehead atoms. The summed E-state index contributed by atoms with van der Waals surface area (Å²) < 4.78 is 26.3. The van der Waals surface area contributed by atoms with Gasteiger partial charge in [0.25, 0.3) is 0 Å². The van der Waals surface area contributed by atoms with Gasteiger partial charge in [0.2, 0.25) is 5.91 Å². The van der Waals surface area contributed by atoms with Crippen LogP contribution in [-0.2, 0) is 11.2 Å². The van der Waals surface area contributed by atoms with Gasteiger partial charge < -0.3 is 4.90 Å². The van der Waals surface area contributed by atoms with Crippen LogP contribution in [0.3, 0.4) is 0 Å². The summed E-state index contributed by atoms with van der Waals surface area (Å²) in [5.41, 5.74) is 0.0241. The molecule has 5 heteroatoms. The molecule has 3 nitrogen and oxygen atoms in total. The zero-order chi connectivity index (χ0) is 13.7. The first-order valence-corrected chi connectivity index (χ1v) is 5.52. The van der Waals surface area contributed by atoms with Crippen molar-refractivity contribution >= 4 is 5.91 Å². The van der Waals surface area contributed by atoms with Crippen LogP contribution in [0.25, 0.3) is 0 Å². The van der Waals surface area contributed by atoms with E-state index in [0.717, 1.165) is 6.07 Å². The molecule has 18 heavy (non-hydrogen) atoms. The lowest BCUT2D eigenvalue weighted by atomic mass is 10.1. The van der Waals surface area contributed by atoms with E-state index in [1.807, 2.05) is 6.07 Å². The van der Waals surface area contributed by atoms with Gasteiger partial charge in [0.05, 0.1) is 18.9 Å². The molecule has 0 saturated carbocycles. The fraction of sp³-hybridized carbons (Fsp3) is 0.385. The van der Waals surface area contributed by atoms with Crippen LogP contribution in [0.5, 0.6) is 0 Å². The highest BCUT2D eigenvalue weighted by molar-refractivity contribution is 5.78. The predicted octanol–water partition coefficient (Wildman–Crippen LogP) is 2.27. The molecule has 0 aliphatic carbocycles. The molecule has 1 amide bonds. The topological polar surface area (TPSA) is 44.1 Å². The zero-order valence-corrected chi connectivity index (χ0v) is 10.3. The number of carbonyl (C=O) groups excluding carboxylic acids is 1. The molecule has 1 aromatic rings. The predicted molar refractivity (Wildman–Crippen MR) is 62.5 cm³/mol. The van der Waals surface area contributed by atoms with Crippen molar-refractivity contribution in [2.45, 2.75) is 25.8 Å². The molecule has 0 heterocycles. The molecule has 0 fully saturated rings. The van der Waals surface area contributed by atoms with Gasteiger partial charge in [-0.2, -0.15) is 5.26 Å². The number of nitriles is 1. The molecule has 1 rings (SSSR count). The van der Waals surface area contributed by atoms with Crippen LogP contribution < -0.4 is 0 Å². The Kier molecular flexibility index (Phi) is 4.78. The second kappa shape index (κ2) is 6.10. The molecule has 0 aromatic heterocycles. The Morgan fingerprint density at radius 2 is 2.17 bits per heavy atom. The molecule has 0 N–H and O–H groups in total. The Hall–Kier alpha value is -1.96. The first kappa shape index (κ1) is 14.1. The Balaban J connectivity index is 2.76. The Bertz CT molecular complexity index is 482. The van der Waals surface area contributed by atoms with Gasteiger partial charge in [0, 0.05) is 18.7 Å². The van der Waals surface area contributed by atoms with Crippen molar-refractivity contribution < 1.29 is 13.6 Å². The summed E-state index contributed by atoms with van der Waals surface area (Å²) in [5, 5.41) is 8.54. The smallest absolute Gasteiger partial charge is 0.227 e. The summed E-state index contributed by atoms with van der Waals surface area (Å²) in [6.07, 6.45) is -0.0102. The number of rotatable bonds is 4. The van der Waals surface area contributed by atoms with Crippen molar-refractivity contribution in [2.24, 2.45) is 0 Å². The molecule has 0 saturated heterocycles. The van der Waals surface area contributed by atoms with Gasteiger partial charge >= 0.3 is 0 Å². The third-order valence-electron chi connectivity index (χ3n) is 2.81. The summed E-state index contributed by atoms with van der Waals surface area (Å²) in [5.74, 6) is -2.30. The number of benzene rings is 1. The standard InChI is InChI=1S/C13H14F2N2O/c1-9(6-7-16)17(2)12(18)8-10-4-3-5-11(14)13(10)15/h3-5,9H,6,8H2,1-2H3. The first-order valence-electron chi connectivity index (χ1n) is 5.52. The van der Waals surface area contributed by atoms with E-state index in [0.29, 0.717) is 0 Å². The molecular formula is C13H14F2N2O. The minimum atomic E-state index is -0.993. The number of halogens is 2. The van der Waals surface area contributed by atoms with E-state index >= 15 is 0 Å². The lowest BCUT2D eigenvalue weighted by molar-refractivity contribution is -0.130. The van der Waals surface area contributed by atoms with Crippen LogP contribution in [-0.4, -0.2) is 23.9 Å². The van der Waals surface area contributed by atoms with E-state index in [1.54, 1.807) is 14.0 Å². The first-order chi connectivity index (χ1) is 8.47. The molecular weight excluding hydrogens is 238 g/mol. The van der Waals surface area contributed by atoms with Crippen molar-refractivity contribution in [2.75, 3.05) is 7.05 Å². The molecule has 0 aliphatic rings. The van der Waals surface area contributed by atoms with E-state index in [4.69, 9.17) is 5.26 Å². The van der Waals surface area contributed by atoms with Crippen LogP contribution in [0.1, 0.15) is 18.9 Å². The van der Waals surface area contributed by atoms with Crippen LogP contribution in [0.2, 0.25) is 0 Å². The summed E-state index contributed by atoms with van der Waals surface area (Å²) >= 11 is 0. The van der Waals surface area contributed by atoms with Gasteiger partial charge in [-0.25, -0.2) is 8.78 Å². The summed E-state index contributed by atoms with van der Waals surface area (Å²) in [4.78, 5) is 13.2. The van der Waals surface area contributed by atoms with Gasteiger partial charge in [0.15, 0.2) is 11.6 Å². The van der Waals surface area contributed by atoms with Crippen LogP contribution in [0.15, 0.2) is 18.2 Å². The number of hydrogen-bond acceptors (Lipinski definition) is 2. The van der Waals surface area contributed by atoms with E-state index in [1.165, 1.54) is 17.0 Å². The SMILES string of the molecule is CC(CC#N)N(C)C(=O)Cc1cccc(F)c1F. The number of carbonyl (C=O) groups is 1. The highest BCUT2D eigenvalue weighted by Crippen LogP contribution is 2.13. The average Bonchev–Trinajstić information content (AvgIpc) is 2.34. The minimum absolute atomic E-state index is 0.0241. The lowest BCUT2D eigenvalue weighted by Gasteiger charge is -2.23. The van der Waals surface area contributed by atoms with Gasteiger partial charge in [-0.05, 0) is 13.0 Å². The Morgan fingerprint density at radius 3 is 2.78 bits per heavy atom. The minimum Gasteiger partial charge on any atom is -0.342 e. The number of nitrogens with zero attached hydrogens (tertiary/aromatic N) is 2. The largest absolute Gasteiger partial charge is 0.342 e. The second-order valence-corrected chi connectivity index (χ2v) is 4.11. The summed E-state index contributed by atoms with van der Waals surface area (Å²) in [6, 6.07) is 5.45. The zero-order valence-electron chi connectivity index (χ0n) is 10.3. The summed E-state index contributed by atoms with van der Waals surface area (Å²) in [6.45, 7) is 1.73. The van der Waals surface area contributed by atoms with Gasteiger partial charge in [-0.15, -0.1) is 0 Å². The Labute approximate surface area is 105 Å². The molecule has 96 valence electrons. The second-order valence-electron chi connectivity index (χ2n) is 4.11. The fourth-order valence-electron chi connectivity index (χ4n) is 1.49. The highest BCUT2D eigenvalue weighted by atomic mass is 19.2. The van der Waals surface area contributed by atoms with Gasteiger partial charge in [0.1, 0.15) is 0 Å². The molecule has 0 radical (unpaired) electrons. The van der Waals surface area contributed by atoms with E-state index in [-0.39, 0.29) is 30.4 Å². The van der Waals surface area contributed by atoms with Crippen molar-refractivity contribution in [3.8, 4) is 6.07 Å². The molecule has 1 unspecified atom stereocenters. The van der Waals surface area contributed by atoms with E-state index in [2.05, 4.69) is 0 Å². The average molecular weight is 252 g/mol. The summed E-state index contributed by atoms with van der Waals surface area (Å²) in [7, 11) is 1.54. The van der Waals surface area contributed by atoms with Crippen molar-refractivity contribution in [1.82, 2.24) is 4.90 Å². The maximum atomic E-state index is 13.4. The number of hydrogen-bond donors (Lipinski definition) is 0. The molecule has 0 aliphatic heterocycles. The number of amides is 1. The van der Waals surface area contributed by atoms with Crippen LogP contribution >= 0.6 is 0 Å². The van der Waals surface area contributed by atoms with Gasteiger partial charge in [-0.1, -0.05) is 12.1 Å². The van der Waals surface area contributed by atoms with Gasteiger partial charge in [-0.3, -0.25) is 4.79 Å². The quantitative estimate of drug-likeness (QED) is 0.825. The van der Waals surface area contributed by atoms with Crippen LogP contribution in [0.4, 0.5) is 8.78 Å². The van der Waals surface area contributed by atoms with Crippen molar-refractivity contribution in [3.63, 3.8) is 0 Å². The molecule has 1 aromatic carbocycles. The maximum Gasteiger partial charge on any atom is 0.227 e. The number of likely N-dealkylation sites (N-methyl/N-ethyl adjacent to an activating group) is 1. The molecule has 0 spiro atoms. The maximum absolute atomic E-state index is 13.4. The third-order valence-corrected chi connectivity index (χ3v) is 2.81. The molecule has 1 atom stereocenters. The third kappa shape index (κ3) is 3.27. The Morgan fingerprint density at radius 1 is 1.50 bits per heavy atom. The lowest BCUT2D eigenvalue weighted by Crippen LogP contribution is -2.36. The van der Waals surface area contributed by atoms with E-state index < -0.39 is 11.6 Å². The monoisotopic (exact) mass is 252 g/mol. The van der Waals surface area contributed by atoms with E-state index in [9.17, 15) is 13.6 Å². The normalized spacial score (nSPS) is 11.7. The fourth-order valence-corrected chi connectivity index (χ4v) is 1.49. The highest BCUT2D eigenvalue weighted by Gasteiger charge is 2.18. The van der Waals surface area contributed by atoms with Crippen molar-refractivity contribution in [1.29, 1.82) is 5.26 Å². The van der Waals surface area contributed by atoms with Crippen molar-refractivity contribution in [3.05, 3.63) is 35.4 Å².